The van der Waals surface area contributed by atoms with Crippen molar-refractivity contribution in [3.05, 3.63) is 0 Å². The van der Waals surface area contributed by atoms with Crippen LogP contribution in [0.2, 0.25) is 0 Å². The third kappa shape index (κ3) is 2.02. The first-order valence-electron chi connectivity index (χ1n) is 7.36. The molecule has 3 rings (SSSR count). The van der Waals surface area contributed by atoms with Gasteiger partial charge in [-0.15, -0.1) is 0 Å². The van der Waals surface area contributed by atoms with E-state index in [9.17, 15) is 0 Å². The van der Waals surface area contributed by atoms with E-state index in [0.717, 1.165) is 12.1 Å². The molecule has 0 aromatic heterocycles. The van der Waals surface area contributed by atoms with Gasteiger partial charge in [0.25, 0.3) is 0 Å². The molecule has 1 saturated carbocycles. The molecule has 0 aromatic carbocycles. The van der Waals surface area contributed by atoms with Gasteiger partial charge >= 0.3 is 0 Å². The van der Waals surface area contributed by atoms with Gasteiger partial charge in [0.2, 0.25) is 0 Å². The standard InChI is InChI=1S/C14H27N3/c1-16(2)14(7-4-8-14)11-15-12-6-10-17-9-3-5-13(12)17/h12-13,15H,3-11H2,1-2H3. The molecule has 2 aliphatic heterocycles. The van der Waals surface area contributed by atoms with Crippen LogP contribution in [0.5, 0.6) is 0 Å². The number of hydrogen-bond donors (Lipinski definition) is 1. The summed E-state index contributed by atoms with van der Waals surface area (Å²) in [5.41, 5.74) is 0.478. The van der Waals surface area contributed by atoms with E-state index in [1.54, 1.807) is 0 Å². The SMILES string of the molecule is CN(C)C1(CNC2CCN3CCCC23)CCC1. The molecule has 3 fully saturated rings. The zero-order valence-electron chi connectivity index (χ0n) is 11.4. The third-order valence-corrected chi connectivity index (χ3v) is 5.53. The number of nitrogens with one attached hydrogen (secondary N) is 1. The second-order valence-corrected chi connectivity index (χ2v) is 6.49. The van der Waals surface area contributed by atoms with Crippen molar-refractivity contribution in [2.45, 2.75) is 56.1 Å². The van der Waals surface area contributed by atoms with Crippen LogP contribution in [-0.4, -0.2) is 61.2 Å². The summed E-state index contributed by atoms with van der Waals surface area (Å²) < 4.78 is 0. The summed E-state index contributed by atoms with van der Waals surface area (Å²) in [5.74, 6) is 0. The van der Waals surface area contributed by atoms with Crippen LogP contribution in [-0.2, 0) is 0 Å². The van der Waals surface area contributed by atoms with Gasteiger partial charge in [0.05, 0.1) is 0 Å². The maximum atomic E-state index is 3.89. The molecule has 1 N–H and O–H groups in total. The van der Waals surface area contributed by atoms with Gasteiger partial charge in [0.15, 0.2) is 0 Å². The van der Waals surface area contributed by atoms with Crippen LogP contribution in [0.25, 0.3) is 0 Å². The Bertz CT molecular complexity index is 273. The molecule has 0 bridgehead atoms. The number of fused-ring (bicyclic) bond motifs is 1. The fraction of sp³-hybridized carbons (Fsp3) is 1.00. The Morgan fingerprint density at radius 3 is 2.65 bits per heavy atom. The molecular formula is C14H27N3. The number of likely N-dealkylation sites (N-methyl/N-ethyl adjacent to an activating group) is 1. The predicted molar refractivity (Wildman–Crippen MR) is 71.3 cm³/mol. The van der Waals surface area contributed by atoms with E-state index >= 15 is 0 Å². The lowest BCUT2D eigenvalue weighted by Gasteiger charge is -2.48. The average Bonchev–Trinajstić information content (AvgIpc) is 2.78. The number of nitrogens with zero attached hydrogens (tertiary/aromatic N) is 2. The molecule has 3 heteroatoms. The molecule has 2 atom stereocenters. The van der Waals surface area contributed by atoms with Crippen molar-refractivity contribution in [3.63, 3.8) is 0 Å². The van der Waals surface area contributed by atoms with E-state index in [2.05, 4.69) is 29.2 Å². The molecule has 2 heterocycles. The summed E-state index contributed by atoms with van der Waals surface area (Å²) in [7, 11) is 4.49. The molecule has 3 aliphatic rings. The molecule has 3 nitrogen and oxygen atoms in total. The van der Waals surface area contributed by atoms with Crippen LogP contribution in [0.15, 0.2) is 0 Å². The Balaban J connectivity index is 1.54. The van der Waals surface area contributed by atoms with Crippen molar-refractivity contribution in [2.24, 2.45) is 0 Å². The maximum Gasteiger partial charge on any atom is 0.0328 e. The van der Waals surface area contributed by atoms with E-state index in [1.165, 1.54) is 58.2 Å². The Hall–Kier alpha value is -0.120. The van der Waals surface area contributed by atoms with Gasteiger partial charge in [-0.25, -0.2) is 0 Å². The fourth-order valence-electron chi connectivity index (χ4n) is 4.01. The average molecular weight is 237 g/mol. The molecule has 0 radical (unpaired) electrons. The van der Waals surface area contributed by atoms with Crippen LogP contribution in [0, 0.1) is 0 Å². The van der Waals surface area contributed by atoms with Crippen LogP contribution in [0.1, 0.15) is 38.5 Å². The zero-order valence-corrected chi connectivity index (χ0v) is 11.4. The Labute approximate surface area is 106 Å². The monoisotopic (exact) mass is 237 g/mol. The first kappa shape index (κ1) is 11.9. The van der Waals surface area contributed by atoms with E-state index in [0.29, 0.717) is 5.54 Å². The minimum absolute atomic E-state index is 0.478. The minimum Gasteiger partial charge on any atom is -0.311 e. The molecule has 2 saturated heterocycles. The normalized spacial score (nSPS) is 36.2. The van der Waals surface area contributed by atoms with Crippen molar-refractivity contribution in [1.82, 2.24) is 15.1 Å². The topological polar surface area (TPSA) is 18.5 Å². The summed E-state index contributed by atoms with van der Waals surface area (Å²) >= 11 is 0. The smallest absolute Gasteiger partial charge is 0.0328 e. The molecule has 0 aromatic rings. The van der Waals surface area contributed by atoms with Gasteiger partial charge in [0, 0.05) is 30.7 Å². The second-order valence-electron chi connectivity index (χ2n) is 6.49. The Kier molecular flexibility index (Phi) is 3.18. The van der Waals surface area contributed by atoms with Crippen molar-refractivity contribution < 1.29 is 0 Å². The van der Waals surface area contributed by atoms with Gasteiger partial charge in [-0.2, -0.15) is 0 Å². The molecule has 0 spiro atoms. The van der Waals surface area contributed by atoms with E-state index in [-0.39, 0.29) is 0 Å². The summed E-state index contributed by atoms with van der Waals surface area (Å²) in [4.78, 5) is 5.14. The lowest BCUT2D eigenvalue weighted by atomic mass is 9.75. The zero-order chi connectivity index (χ0) is 11.9. The molecular weight excluding hydrogens is 210 g/mol. The number of rotatable bonds is 4. The van der Waals surface area contributed by atoms with Crippen LogP contribution < -0.4 is 5.32 Å². The van der Waals surface area contributed by atoms with Crippen LogP contribution >= 0.6 is 0 Å². The highest BCUT2D eigenvalue weighted by molar-refractivity contribution is 5.01. The van der Waals surface area contributed by atoms with Crippen LogP contribution in [0.3, 0.4) is 0 Å². The third-order valence-electron chi connectivity index (χ3n) is 5.53. The predicted octanol–water partition coefficient (Wildman–Crippen LogP) is 1.30. The van der Waals surface area contributed by atoms with Crippen molar-refractivity contribution in [3.8, 4) is 0 Å². The van der Waals surface area contributed by atoms with Crippen LogP contribution in [0.4, 0.5) is 0 Å². The summed E-state index contributed by atoms with van der Waals surface area (Å²) in [6.07, 6.45) is 8.39. The van der Waals surface area contributed by atoms with Crippen molar-refractivity contribution in [2.75, 3.05) is 33.7 Å². The lowest BCUT2D eigenvalue weighted by molar-refractivity contribution is 0.0560. The first-order chi connectivity index (χ1) is 8.21. The van der Waals surface area contributed by atoms with E-state index < -0.39 is 0 Å². The second kappa shape index (κ2) is 4.52. The van der Waals surface area contributed by atoms with E-state index in [1.807, 2.05) is 0 Å². The number of hydrogen-bond acceptors (Lipinski definition) is 3. The van der Waals surface area contributed by atoms with E-state index in [4.69, 9.17) is 0 Å². The van der Waals surface area contributed by atoms with Gasteiger partial charge in [-0.1, -0.05) is 0 Å². The molecule has 2 unspecified atom stereocenters. The molecule has 1 aliphatic carbocycles. The quantitative estimate of drug-likeness (QED) is 0.795. The summed E-state index contributed by atoms with van der Waals surface area (Å²) in [6.45, 7) is 3.88. The van der Waals surface area contributed by atoms with Crippen molar-refractivity contribution in [1.29, 1.82) is 0 Å². The highest BCUT2D eigenvalue weighted by Crippen LogP contribution is 2.36. The van der Waals surface area contributed by atoms with Gasteiger partial charge < -0.3 is 10.2 Å². The Morgan fingerprint density at radius 2 is 2.00 bits per heavy atom. The lowest BCUT2D eigenvalue weighted by Crippen LogP contribution is -2.58. The molecule has 98 valence electrons. The molecule has 17 heavy (non-hydrogen) atoms. The largest absolute Gasteiger partial charge is 0.311 e. The molecule has 0 amide bonds. The fourth-order valence-corrected chi connectivity index (χ4v) is 4.01. The van der Waals surface area contributed by atoms with Gasteiger partial charge in [0.1, 0.15) is 0 Å². The highest BCUT2D eigenvalue weighted by atomic mass is 15.3. The summed E-state index contributed by atoms with van der Waals surface area (Å²) in [6, 6.07) is 1.63. The van der Waals surface area contributed by atoms with Gasteiger partial charge in [-0.05, 0) is 59.2 Å². The first-order valence-corrected chi connectivity index (χ1v) is 7.36. The maximum absolute atomic E-state index is 3.89. The summed E-state index contributed by atoms with van der Waals surface area (Å²) in [5, 5.41) is 3.89. The Morgan fingerprint density at radius 1 is 1.18 bits per heavy atom. The highest BCUT2D eigenvalue weighted by Gasteiger charge is 2.42. The van der Waals surface area contributed by atoms with Gasteiger partial charge in [-0.3, -0.25) is 4.90 Å². The van der Waals surface area contributed by atoms with Crippen molar-refractivity contribution >= 4 is 0 Å². The minimum atomic E-state index is 0.478.